The van der Waals surface area contributed by atoms with Gasteiger partial charge in [0, 0.05) is 32.2 Å². The van der Waals surface area contributed by atoms with Gasteiger partial charge in [0.15, 0.2) is 5.13 Å². The molecule has 6 nitrogen and oxygen atoms in total. The molecular formula is C14H17F3N6S. The molecule has 1 atom stereocenters. The molecule has 1 aliphatic rings. The SMILES string of the molecule is CNc1cc(N2CCCC2CNc2ncc(C(F)(F)F)s2)ncn1. The van der Waals surface area contributed by atoms with Crippen LogP contribution in [0.15, 0.2) is 18.6 Å². The van der Waals surface area contributed by atoms with Crippen LogP contribution in [-0.4, -0.2) is 41.1 Å². The summed E-state index contributed by atoms with van der Waals surface area (Å²) in [7, 11) is 1.79. The predicted octanol–water partition coefficient (Wildman–Crippen LogP) is 3.07. The van der Waals surface area contributed by atoms with Gasteiger partial charge in [-0.2, -0.15) is 13.2 Å². The largest absolute Gasteiger partial charge is 0.427 e. The number of hydrogen-bond acceptors (Lipinski definition) is 7. The van der Waals surface area contributed by atoms with Crippen molar-refractivity contribution in [2.45, 2.75) is 25.1 Å². The third-order valence-electron chi connectivity index (χ3n) is 3.85. The zero-order chi connectivity index (χ0) is 17.2. The number of anilines is 3. The zero-order valence-electron chi connectivity index (χ0n) is 13.0. The maximum absolute atomic E-state index is 12.6. The minimum Gasteiger partial charge on any atom is -0.373 e. The van der Waals surface area contributed by atoms with Crippen LogP contribution in [0.1, 0.15) is 17.7 Å². The number of alkyl halides is 3. The van der Waals surface area contributed by atoms with Crippen molar-refractivity contribution in [1.29, 1.82) is 0 Å². The van der Waals surface area contributed by atoms with Gasteiger partial charge in [0.1, 0.15) is 22.8 Å². The Hall–Kier alpha value is -2.10. The quantitative estimate of drug-likeness (QED) is 0.856. The average Bonchev–Trinajstić information content (AvgIpc) is 3.21. The topological polar surface area (TPSA) is 66.0 Å². The molecule has 24 heavy (non-hydrogen) atoms. The average molecular weight is 358 g/mol. The van der Waals surface area contributed by atoms with Gasteiger partial charge in [0.25, 0.3) is 0 Å². The standard InChI is InChI=1S/C14H17F3N6S/c1-18-11-5-12(22-8-21-11)23-4-2-3-9(23)6-19-13-20-7-10(24-13)14(15,16)17/h5,7-9H,2-4,6H2,1H3,(H,19,20)(H,18,21,22). The Labute approximate surface area is 141 Å². The van der Waals surface area contributed by atoms with E-state index in [1.165, 1.54) is 6.33 Å². The number of nitrogens with one attached hydrogen (secondary N) is 2. The number of rotatable bonds is 5. The van der Waals surface area contributed by atoms with E-state index < -0.39 is 11.1 Å². The second kappa shape index (κ2) is 6.80. The van der Waals surface area contributed by atoms with E-state index in [0.29, 0.717) is 17.9 Å². The summed E-state index contributed by atoms with van der Waals surface area (Å²) in [6.45, 7) is 1.38. The molecule has 0 spiro atoms. The maximum atomic E-state index is 12.6. The molecule has 0 bridgehead atoms. The fraction of sp³-hybridized carbons (Fsp3) is 0.500. The third-order valence-corrected chi connectivity index (χ3v) is 4.85. The van der Waals surface area contributed by atoms with E-state index in [-0.39, 0.29) is 11.2 Å². The lowest BCUT2D eigenvalue weighted by atomic mass is 10.2. The van der Waals surface area contributed by atoms with Gasteiger partial charge < -0.3 is 15.5 Å². The lowest BCUT2D eigenvalue weighted by molar-refractivity contribution is -0.134. The van der Waals surface area contributed by atoms with Crippen molar-refractivity contribution in [3.63, 3.8) is 0 Å². The first-order valence-corrected chi connectivity index (χ1v) is 8.32. The maximum Gasteiger partial charge on any atom is 0.427 e. The van der Waals surface area contributed by atoms with Crippen molar-refractivity contribution < 1.29 is 13.2 Å². The highest BCUT2D eigenvalue weighted by molar-refractivity contribution is 7.15. The van der Waals surface area contributed by atoms with E-state index in [1.54, 1.807) is 7.05 Å². The van der Waals surface area contributed by atoms with Crippen LogP contribution in [0.3, 0.4) is 0 Å². The van der Waals surface area contributed by atoms with Crippen LogP contribution in [0.5, 0.6) is 0 Å². The number of aromatic nitrogens is 3. The summed E-state index contributed by atoms with van der Waals surface area (Å²) < 4.78 is 37.8. The number of hydrogen-bond donors (Lipinski definition) is 2. The van der Waals surface area contributed by atoms with Gasteiger partial charge in [0.2, 0.25) is 0 Å². The van der Waals surface area contributed by atoms with Gasteiger partial charge in [0.05, 0.1) is 6.20 Å². The first-order valence-electron chi connectivity index (χ1n) is 7.50. The molecular weight excluding hydrogens is 341 g/mol. The summed E-state index contributed by atoms with van der Waals surface area (Å²) in [6, 6.07) is 2.02. The lowest BCUT2D eigenvalue weighted by Gasteiger charge is -2.26. The highest BCUT2D eigenvalue weighted by Crippen LogP contribution is 2.35. The molecule has 1 fully saturated rings. The summed E-state index contributed by atoms with van der Waals surface area (Å²) in [5, 5.41) is 6.27. The number of thiazole rings is 1. The molecule has 2 aromatic heterocycles. The van der Waals surface area contributed by atoms with Crippen molar-refractivity contribution in [3.05, 3.63) is 23.5 Å². The van der Waals surface area contributed by atoms with Crippen LogP contribution in [0.4, 0.5) is 29.9 Å². The van der Waals surface area contributed by atoms with Crippen LogP contribution in [-0.2, 0) is 6.18 Å². The van der Waals surface area contributed by atoms with Crippen molar-refractivity contribution in [2.75, 3.05) is 35.7 Å². The Kier molecular flexibility index (Phi) is 4.74. The summed E-state index contributed by atoms with van der Waals surface area (Å²) in [5.41, 5.74) is 0. The Morgan fingerprint density at radius 3 is 2.88 bits per heavy atom. The second-order valence-electron chi connectivity index (χ2n) is 5.41. The summed E-state index contributed by atoms with van der Waals surface area (Å²) in [4.78, 5) is 13.6. The van der Waals surface area contributed by atoms with Crippen LogP contribution in [0.2, 0.25) is 0 Å². The number of halogens is 3. The van der Waals surface area contributed by atoms with Crippen molar-refractivity contribution in [3.8, 4) is 0 Å². The molecule has 0 aromatic carbocycles. The smallest absolute Gasteiger partial charge is 0.373 e. The van der Waals surface area contributed by atoms with Crippen molar-refractivity contribution >= 4 is 28.1 Å². The normalized spacial score (nSPS) is 18.0. The molecule has 3 rings (SSSR count). The van der Waals surface area contributed by atoms with E-state index in [4.69, 9.17) is 0 Å². The molecule has 0 aliphatic carbocycles. The first kappa shape index (κ1) is 16.7. The highest BCUT2D eigenvalue weighted by atomic mass is 32.1. The van der Waals surface area contributed by atoms with E-state index in [1.807, 2.05) is 6.07 Å². The number of nitrogens with zero attached hydrogens (tertiary/aromatic N) is 4. The molecule has 130 valence electrons. The Morgan fingerprint density at radius 2 is 2.17 bits per heavy atom. The summed E-state index contributed by atoms with van der Waals surface area (Å²) >= 11 is 0.625. The molecule has 0 saturated carbocycles. The Bertz CT molecular complexity index is 689. The van der Waals surface area contributed by atoms with Gasteiger partial charge in [-0.15, -0.1) is 0 Å². The fourth-order valence-electron chi connectivity index (χ4n) is 2.68. The van der Waals surface area contributed by atoms with E-state index in [0.717, 1.165) is 37.2 Å². The zero-order valence-corrected chi connectivity index (χ0v) is 13.8. The molecule has 1 unspecified atom stereocenters. The van der Waals surface area contributed by atoms with E-state index in [2.05, 4.69) is 30.5 Å². The van der Waals surface area contributed by atoms with Crippen LogP contribution in [0, 0.1) is 0 Å². The van der Waals surface area contributed by atoms with Crippen LogP contribution >= 0.6 is 11.3 Å². The highest BCUT2D eigenvalue weighted by Gasteiger charge is 2.33. The minimum atomic E-state index is -4.35. The first-order chi connectivity index (χ1) is 11.5. The molecule has 2 aromatic rings. The van der Waals surface area contributed by atoms with Crippen LogP contribution < -0.4 is 15.5 Å². The van der Waals surface area contributed by atoms with Crippen molar-refractivity contribution in [2.24, 2.45) is 0 Å². The van der Waals surface area contributed by atoms with Crippen molar-refractivity contribution in [1.82, 2.24) is 15.0 Å². The lowest BCUT2D eigenvalue weighted by Crippen LogP contribution is -2.35. The minimum absolute atomic E-state index is 0.155. The van der Waals surface area contributed by atoms with Gasteiger partial charge >= 0.3 is 6.18 Å². The van der Waals surface area contributed by atoms with Gasteiger partial charge in [-0.3, -0.25) is 0 Å². The molecule has 0 amide bonds. The molecule has 1 saturated heterocycles. The Morgan fingerprint density at radius 1 is 1.33 bits per heavy atom. The monoisotopic (exact) mass is 358 g/mol. The van der Waals surface area contributed by atoms with E-state index in [9.17, 15) is 13.2 Å². The summed E-state index contributed by atoms with van der Waals surface area (Å²) in [6.07, 6.45) is -0.0226. The second-order valence-corrected chi connectivity index (χ2v) is 6.44. The van der Waals surface area contributed by atoms with E-state index >= 15 is 0 Å². The van der Waals surface area contributed by atoms with Gasteiger partial charge in [-0.1, -0.05) is 11.3 Å². The Balaban J connectivity index is 1.65. The van der Waals surface area contributed by atoms with Gasteiger partial charge in [-0.05, 0) is 12.8 Å². The predicted molar refractivity (Wildman–Crippen MR) is 87.6 cm³/mol. The fourth-order valence-corrected chi connectivity index (χ4v) is 3.37. The van der Waals surface area contributed by atoms with Gasteiger partial charge in [-0.25, -0.2) is 15.0 Å². The molecule has 3 heterocycles. The third kappa shape index (κ3) is 3.69. The molecule has 1 aliphatic heterocycles. The van der Waals surface area contributed by atoms with Crippen LogP contribution in [0.25, 0.3) is 0 Å². The summed E-state index contributed by atoms with van der Waals surface area (Å²) in [5.74, 6) is 1.54. The molecule has 0 radical (unpaired) electrons. The molecule has 10 heteroatoms. The molecule has 2 N–H and O–H groups in total.